The molecule has 1 unspecified atom stereocenters. The van der Waals surface area contributed by atoms with Gasteiger partial charge in [0.05, 0.1) is 18.3 Å². The summed E-state index contributed by atoms with van der Waals surface area (Å²) in [6.07, 6.45) is 1.82. The Hall–Kier alpha value is -2.88. The van der Waals surface area contributed by atoms with E-state index >= 15 is 0 Å². The lowest BCUT2D eigenvalue weighted by atomic mass is 10.00. The van der Waals surface area contributed by atoms with Gasteiger partial charge < -0.3 is 10.6 Å². The van der Waals surface area contributed by atoms with Crippen LogP contribution in [0.2, 0.25) is 0 Å². The maximum atomic E-state index is 4.42. The summed E-state index contributed by atoms with van der Waals surface area (Å²) in [5.41, 5.74) is 3.46. The Bertz CT molecular complexity index is 880. The van der Waals surface area contributed by atoms with Crippen LogP contribution in [0.1, 0.15) is 29.8 Å². The van der Waals surface area contributed by atoms with E-state index in [0.29, 0.717) is 6.54 Å². The Labute approximate surface area is 149 Å². The third-order valence-electron chi connectivity index (χ3n) is 4.41. The quantitative estimate of drug-likeness (QED) is 0.561. The van der Waals surface area contributed by atoms with Gasteiger partial charge in [-0.25, -0.2) is 0 Å². The molecule has 4 nitrogen and oxygen atoms in total. The third kappa shape index (κ3) is 3.97. The van der Waals surface area contributed by atoms with E-state index < -0.39 is 0 Å². The van der Waals surface area contributed by atoms with E-state index in [0.717, 1.165) is 11.7 Å². The summed E-state index contributed by atoms with van der Waals surface area (Å²) in [6.45, 7) is 4.87. The van der Waals surface area contributed by atoms with E-state index in [4.69, 9.17) is 0 Å². The number of fused-ring (bicyclic) bond motifs is 1. The van der Waals surface area contributed by atoms with Crippen LogP contribution >= 0.6 is 0 Å². The van der Waals surface area contributed by atoms with Crippen LogP contribution in [0.4, 0.5) is 0 Å². The van der Waals surface area contributed by atoms with Gasteiger partial charge in [0.2, 0.25) is 0 Å². The molecule has 0 saturated heterocycles. The fourth-order valence-corrected chi connectivity index (χ4v) is 2.98. The van der Waals surface area contributed by atoms with Gasteiger partial charge in [0.15, 0.2) is 5.96 Å². The largest absolute Gasteiger partial charge is 0.351 e. The SMILES string of the molecule is CN=C(NCc1ncccc1C)NC(C)c1cccc2ccccc12. The number of hydrogen-bond acceptors (Lipinski definition) is 2. The van der Waals surface area contributed by atoms with Gasteiger partial charge in [0.1, 0.15) is 0 Å². The van der Waals surface area contributed by atoms with Gasteiger partial charge >= 0.3 is 0 Å². The number of nitrogens with zero attached hydrogens (tertiary/aromatic N) is 2. The van der Waals surface area contributed by atoms with Crippen molar-refractivity contribution in [3.8, 4) is 0 Å². The maximum absolute atomic E-state index is 4.42. The Kier molecular flexibility index (Phi) is 5.29. The minimum atomic E-state index is 0.141. The Morgan fingerprint density at radius 1 is 1.08 bits per heavy atom. The molecular formula is C21H24N4. The van der Waals surface area contributed by atoms with Crippen molar-refractivity contribution in [2.45, 2.75) is 26.4 Å². The zero-order valence-electron chi connectivity index (χ0n) is 15.0. The average Bonchev–Trinajstić information content (AvgIpc) is 2.65. The summed E-state index contributed by atoms with van der Waals surface area (Å²) >= 11 is 0. The monoisotopic (exact) mass is 332 g/mol. The fraction of sp³-hybridized carbons (Fsp3) is 0.238. The Morgan fingerprint density at radius 2 is 1.88 bits per heavy atom. The van der Waals surface area contributed by atoms with Gasteiger partial charge in [-0.05, 0) is 41.8 Å². The molecule has 3 aromatic rings. The molecule has 25 heavy (non-hydrogen) atoms. The smallest absolute Gasteiger partial charge is 0.191 e. The van der Waals surface area contributed by atoms with Crippen LogP contribution in [-0.2, 0) is 6.54 Å². The van der Waals surface area contributed by atoms with E-state index in [9.17, 15) is 0 Å². The number of aryl methyl sites for hydroxylation is 1. The molecule has 0 aliphatic rings. The number of benzene rings is 2. The highest BCUT2D eigenvalue weighted by Crippen LogP contribution is 2.23. The maximum Gasteiger partial charge on any atom is 0.191 e. The second kappa shape index (κ2) is 7.79. The van der Waals surface area contributed by atoms with Crippen molar-refractivity contribution in [1.29, 1.82) is 0 Å². The number of pyridine rings is 1. The van der Waals surface area contributed by atoms with E-state index in [2.05, 4.69) is 83.0 Å². The second-order valence-electron chi connectivity index (χ2n) is 6.13. The molecule has 0 bridgehead atoms. The average molecular weight is 332 g/mol. The first kappa shape index (κ1) is 17.0. The number of rotatable bonds is 4. The molecule has 0 amide bonds. The molecule has 1 aromatic heterocycles. The van der Waals surface area contributed by atoms with Crippen molar-refractivity contribution < 1.29 is 0 Å². The molecule has 0 fully saturated rings. The lowest BCUT2D eigenvalue weighted by Crippen LogP contribution is -2.38. The van der Waals surface area contributed by atoms with E-state index in [1.807, 2.05) is 12.3 Å². The lowest BCUT2D eigenvalue weighted by molar-refractivity contribution is 0.686. The van der Waals surface area contributed by atoms with Crippen LogP contribution in [0, 0.1) is 6.92 Å². The van der Waals surface area contributed by atoms with Crippen LogP contribution in [-0.4, -0.2) is 18.0 Å². The standard InChI is InChI=1S/C21H24N4/c1-15-8-7-13-23-20(15)14-24-21(22-3)25-16(2)18-12-6-10-17-9-4-5-11-19(17)18/h4-13,16H,14H2,1-3H3,(H2,22,24,25). The van der Waals surface area contributed by atoms with Crippen molar-refractivity contribution in [3.05, 3.63) is 77.6 Å². The van der Waals surface area contributed by atoms with E-state index in [1.54, 1.807) is 7.05 Å². The first-order valence-corrected chi connectivity index (χ1v) is 8.54. The number of hydrogen-bond donors (Lipinski definition) is 2. The zero-order chi connectivity index (χ0) is 17.6. The van der Waals surface area contributed by atoms with Gasteiger partial charge in [-0.15, -0.1) is 0 Å². The van der Waals surface area contributed by atoms with Crippen LogP contribution < -0.4 is 10.6 Å². The number of nitrogens with one attached hydrogen (secondary N) is 2. The molecule has 0 saturated carbocycles. The summed E-state index contributed by atoms with van der Waals surface area (Å²) in [4.78, 5) is 8.76. The highest BCUT2D eigenvalue weighted by atomic mass is 15.2. The summed E-state index contributed by atoms with van der Waals surface area (Å²) < 4.78 is 0. The van der Waals surface area contributed by atoms with Crippen molar-refractivity contribution in [3.63, 3.8) is 0 Å². The molecule has 1 atom stereocenters. The van der Waals surface area contributed by atoms with Gasteiger partial charge in [-0.3, -0.25) is 9.98 Å². The molecule has 4 heteroatoms. The summed E-state index contributed by atoms with van der Waals surface area (Å²) in [6, 6.07) is 19.0. The van der Waals surface area contributed by atoms with E-state index in [1.165, 1.54) is 21.9 Å². The molecule has 128 valence electrons. The first-order chi connectivity index (χ1) is 12.2. The highest BCUT2D eigenvalue weighted by molar-refractivity contribution is 5.87. The molecule has 3 rings (SSSR count). The van der Waals surface area contributed by atoms with Crippen LogP contribution in [0.3, 0.4) is 0 Å². The molecule has 0 spiro atoms. The number of guanidine groups is 1. The Morgan fingerprint density at radius 3 is 2.68 bits per heavy atom. The topological polar surface area (TPSA) is 49.3 Å². The molecule has 2 N–H and O–H groups in total. The molecule has 2 aromatic carbocycles. The fourth-order valence-electron chi connectivity index (χ4n) is 2.98. The Balaban J connectivity index is 1.72. The van der Waals surface area contributed by atoms with Crippen LogP contribution in [0.25, 0.3) is 10.8 Å². The second-order valence-corrected chi connectivity index (χ2v) is 6.13. The van der Waals surface area contributed by atoms with Crippen LogP contribution in [0.15, 0.2) is 65.8 Å². The summed E-state index contributed by atoms with van der Waals surface area (Å²) in [5, 5.41) is 9.34. The minimum Gasteiger partial charge on any atom is -0.351 e. The molecular weight excluding hydrogens is 308 g/mol. The predicted octanol–water partition coefficient (Wildman–Crippen LogP) is 3.97. The van der Waals surface area contributed by atoms with Crippen molar-refractivity contribution >= 4 is 16.7 Å². The van der Waals surface area contributed by atoms with Crippen molar-refractivity contribution in [1.82, 2.24) is 15.6 Å². The molecule has 1 heterocycles. The third-order valence-corrected chi connectivity index (χ3v) is 4.41. The van der Waals surface area contributed by atoms with E-state index in [-0.39, 0.29) is 6.04 Å². The first-order valence-electron chi connectivity index (χ1n) is 8.54. The highest BCUT2D eigenvalue weighted by Gasteiger charge is 2.11. The predicted molar refractivity (Wildman–Crippen MR) is 105 cm³/mol. The molecule has 0 aliphatic carbocycles. The number of aromatic nitrogens is 1. The van der Waals surface area contributed by atoms with Gasteiger partial charge in [-0.1, -0.05) is 48.5 Å². The normalized spacial score (nSPS) is 12.8. The minimum absolute atomic E-state index is 0.141. The van der Waals surface area contributed by atoms with Gasteiger partial charge in [0.25, 0.3) is 0 Å². The van der Waals surface area contributed by atoms with Gasteiger partial charge in [0, 0.05) is 13.2 Å². The molecule has 0 radical (unpaired) electrons. The van der Waals surface area contributed by atoms with Gasteiger partial charge in [-0.2, -0.15) is 0 Å². The van der Waals surface area contributed by atoms with Crippen LogP contribution in [0.5, 0.6) is 0 Å². The number of aliphatic imine (C=N–C) groups is 1. The molecule has 0 aliphatic heterocycles. The lowest BCUT2D eigenvalue weighted by Gasteiger charge is -2.20. The van der Waals surface area contributed by atoms with Crippen molar-refractivity contribution in [2.75, 3.05) is 7.05 Å². The zero-order valence-corrected chi connectivity index (χ0v) is 15.0. The summed E-state index contributed by atoms with van der Waals surface area (Å²) in [7, 11) is 1.79. The summed E-state index contributed by atoms with van der Waals surface area (Å²) in [5.74, 6) is 0.769. The van der Waals surface area contributed by atoms with Crippen molar-refractivity contribution in [2.24, 2.45) is 4.99 Å².